The number of fused-ring (bicyclic) bond motifs is 1. The van der Waals surface area contributed by atoms with Crippen molar-refractivity contribution in [2.45, 2.75) is 18.5 Å². The van der Waals surface area contributed by atoms with E-state index < -0.39 is 5.97 Å². The Bertz CT molecular complexity index is 561. The second kappa shape index (κ2) is 4.37. The van der Waals surface area contributed by atoms with E-state index in [0.717, 1.165) is 5.75 Å². The lowest BCUT2D eigenvalue weighted by molar-refractivity contribution is 0.0596. The normalized spacial score (nSPS) is 13.3. The number of hydrogen-bond acceptors (Lipinski definition) is 5. The van der Waals surface area contributed by atoms with Gasteiger partial charge in [0.05, 0.1) is 23.3 Å². The highest BCUT2D eigenvalue weighted by Crippen LogP contribution is 2.29. The number of ether oxygens (including phenoxy) is 1. The van der Waals surface area contributed by atoms with E-state index in [1.165, 1.54) is 36.4 Å². The molecule has 0 amide bonds. The average Bonchev–Trinajstić information content (AvgIpc) is 2.76. The van der Waals surface area contributed by atoms with Gasteiger partial charge in [0, 0.05) is 18.4 Å². The first-order chi connectivity index (χ1) is 8.06. The number of rotatable bonds is 2. The predicted octanol–water partition coefficient (Wildman–Crippen LogP) is 0.943. The fourth-order valence-electron chi connectivity index (χ4n) is 1.83. The highest BCUT2D eigenvalue weighted by atomic mass is 32.2. The number of carbonyl (C=O) groups is 2. The van der Waals surface area contributed by atoms with E-state index in [4.69, 9.17) is 0 Å². The number of esters is 1. The number of carbonyl (C=O) groups excluding carboxylic acids is 2. The Labute approximate surface area is 102 Å². The Morgan fingerprint density at radius 1 is 1.47 bits per heavy atom. The van der Waals surface area contributed by atoms with Gasteiger partial charge in [0.25, 0.3) is 5.56 Å². The molecule has 0 spiro atoms. The third kappa shape index (κ3) is 1.88. The Balaban J connectivity index is 2.76. The second-order valence-electron chi connectivity index (χ2n) is 3.62. The fraction of sp³-hybridized carbons (Fsp3) is 0.364. The lowest BCUT2D eigenvalue weighted by atomic mass is 10.1. The smallest absolute Gasteiger partial charge is 0.338 e. The molecule has 0 unspecified atom stereocenters. The Morgan fingerprint density at radius 3 is 2.76 bits per heavy atom. The van der Waals surface area contributed by atoms with Crippen LogP contribution < -0.4 is 5.56 Å². The summed E-state index contributed by atoms with van der Waals surface area (Å²) < 4.78 is 6.11. The molecule has 0 atom stereocenters. The first-order valence-electron chi connectivity index (χ1n) is 5.06. The van der Waals surface area contributed by atoms with E-state index in [9.17, 15) is 14.4 Å². The molecule has 0 saturated carbocycles. The summed E-state index contributed by atoms with van der Waals surface area (Å²) in [5.74, 6) is -0.146. The van der Waals surface area contributed by atoms with Gasteiger partial charge in [-0.2, -0.15) is 0 Å². The van der Waals surface area contributed by atoms with Crippen molar-refractivity contribution in [2.75, 3.05) is 12.9 Å². The zero-order valence-electron chi connectivity index (χ0n) is 9.48. The molecule has 0 fully saturated rings. The molecule has 0 bridgehead atoms. The van der Waals surface area contributed by atoms with E-state index in [0.29, 0.717) is 17.1 Å². The molecule has 5 nitrogen and oxygen atoms in total. The van der Waals surface area contributed by atoms with Gasteiger partial charge in [-0.25, -0.2) is 4.79 Å². The summed E-state index contributed by atoms with van der Waals surface area (Å²) in [4.78, 5) is 34.9. The van der Waals surface area contributed by atoms with Crippen LogP contribution in [0.3, 0.4) is 0 Å². The number of methoxy groups -OCH3 is 1. The molecule has 0 aliphatic carbocycles. The van der Waals surface area contributed by atoms with Crippen LogP contribution in [-0.2, 0) is 11.3 Å². The Kier molecular flexibility index (Phi) is 3.06. The summed E-state index contributed by atoms with van der Waals surface area (Å²) >= 11 is 1.41. The standard InChI is InChI=1S/C11H11NO4S/c1-6(13)9-7(11(15)16-2)5-8(14)12-3-4-17-10(9)12/h5H,3-4H2,1-2H3. The van der Waals surface area contributed by atoms with Gasteiger partial charge in [0.15, 0.2) is 5.78 Å². The SMILES string of the molecule is COC(=O)c1cc(=O)n2c(c1C(C)=O)SCC2. The third-order valence-electron chi connectivity index (χ3n) is 2.57. The van der Waals surface area contributed by atoms with Gasteiger partial charge in [-0.15, -0.1) is 11.8 Å². The number of aromatic nitrogens is 1. The van der Waals surface area contributed by atoms with Crippen LogP contribution >= 0.6 is 11.8 Å². The monoisotopic (exact) mass is 253 g/mol. The van der Waals surface area contributed by atoms with E-state index in [1.54, 1.807) is 0 Å². The summed E-state index contributed by atoms with van der Waals surface area (Å²) in [6, 6.07) is 1.18. The van der Waals surface area contributed by atoms with Crippen molar-refractivity contribution in [3.05, 3.63) is 27.5 Å². The summed E-state index contributed by atoms with van der Waals surface area (Å²) in [7, 11) is 1.23. The molecule has 0 radical (unpaired) electrons. The zero-order valence-corrected chi connectivity index (χ0v) is 10.3. The van der Waals surface area contributed by atoms with Crippen LogP contribution in [0.15, 0.2) is 15.9 Å². The molecule has 90 valence electrons. The van der Waals surface area contributed by atoms with Crippen molar-refractivity contribution in [3.8, 4) is 0 Å². The minimum absolute atomic E-state index is 0.0608. The maximum atomic E-state index is 11.8. The molecule has 1 aliphatic rings. The van der Waals surface area contributed by atoms with Gasteiger partial charge in [0.1, 0.15) is 0 Å². The van der Waals surface area contributed by atoms with Gasteiger partial charge in [-0.05, 0) is 6.92 Å². The number of ketones is 1. The van der Waals surface area contributed by atoms with Crippen molar-refractivity contribution in [2.24, 2.45) is 0 Å². The van der Waals surface area contributed by atoms with Gasteiger partial charge < -0.3 is 9.30 Å². The number of nitrogens with zero attached hydrogens (tertiary/aromatic N) is 1. The first-order valence-corrected chi connectivity index (χ1v) is 6.04. The van der Waals surface area contributed by atoms with E-state index in [2.05, 4.69) is 4.74 Å². The Morgan fingerprint density at radius 2 is 2.18 bits per heavy atom. The average molecular weight is 253 g/mol. The van der Waals surface area contributed by atoms with Crippen molar-refractivity contribution < 1.29 is 14.3 Å². The number of pyridine rings is 1. The van der Waals surface area contributed by atoms with Gasteiger partial charge in [0.2, 0.25) is 0 Å². The number of Topliss-reactive ketones (excluding diaryl/α,β-unsaturated/α-hetero) is 1. The molecule has 0 aromatic carbocycles. The first kappa shape index (κ1) is 11.9. The molecule has 1 aromatic heterocycles. The number of thioether (sulfide) groups is 1. The summed E-state index contributed by atoms with van der Waals surface area (Å²) in [5.41, 5.74) is 0.0833. The van der Waals surface area contributed by atoms with Crippen LogP contribution in [-0.4, -0.2) is 29.2 Å². The van der Waals surface area contributed by atoms with Gasteiger partial charge in [-0.1, -0.05) is 0 Å². The van der Waals surface area contributed by atoms with Crippen molar-refractivity contribution in [1.82, 2.24) is 4.57 Å². The third-order valence-corrected chi connectivity index (χ3v) is 3.66. The maximum absolute atomic E-state index is 11.8. The fourth-order valence-corrected chi connectivity index (χ4v) is 3.03. The maximum Gasteiger partial charge on any atom is 0.338 e. The second-order valence-corrected chi connectivity index (χ2v) is 4.71. The van der Waals surface area contributed by atoms with Crippen molar-refractivity contribution in [3.63, 3.8) is 0 Å². The van der Waals surface area contributed by atoms with Crippen LogP contribution in [0.1, 0.15) is 27.6 Å². The van der Waals surface area contributed by atoms with Crippen molar-refractivity contribution >= 4 is 23.5 Å². The van der Waals surface area contributed by atoms with Crippen molar-refractivity contribution in [1.29, 1.82) is 0 Å². The van der Waals surface area contributed by atoms with Crippen LogP contribution in [0.5, 0.6) is 0 Å². The summed E-state index contributed by atoms with van der Waals surface area (Å²) in [5, 5.41) is 0.574. The molecule has 1 aromatic rings. The molecule has 2 heterocycles. The minimum atomic E-state index is -0.650. The predicted molar refractivity (Wildman–Crippen MR) is 62.8 cm³/mol. The number of hydrogen-bond donors (Lipinski definition) is 0. The summed E-state index contributed by atoms with van der Waals surface area (Å²) in [6.07, 6.45) is 0. The molecular formula is C11H11NO4S. The lowest BCUT2D eigenvalue weighted by Crippen LogP contribution is -2.24. The molecule has 6 heteroatoms. The summed E-state index contributed by atoms with van der Waals surface area (Å²) in [6.45, 7) is 1.95. The van der Waals surface area contributed by atoms with Crippen LogP contribution in [0.4, 0.5) is 0 Å². The highest BCUT2D eigenvalue weighted by Gasteiger charge is 2.26. The van der Waals surface area contributed by atoms with Gasteiger partial charge in [-0.3, -0.25) is 9.59 Å². The Hall–Kier alpha value is -1.56. The molecule has 0 N–H and O–H groups in total. The molecule has 1 aliphatic heterocycles. The van der Waals surface area contributed by atoms with E-state index in [1.807, 2.05) is 0 Å². The van der Waals surface area contributed by atoms with E-state index >= 15 is 0 Å². The minimum Gasteiger partial charge on any atom is -0.465 e. The van der Waals surface area contributed by atoms with Gasteiger partial charge >= 0.3 is 5.97 Å². The quantitative estimate of drug-likeness (QED) is 0.580. The molecular weight excluding hydrogens is 242 g/mol. The van der Waals surface area contributed by atoms with Crippen LogP contribution in [0.2, 0.25) is 0 Å². The largest absolute Gasteiger partial charge is 0.465 e. The lowest BCUT2D eigenvalue weighted by Gasteiger charge is -2.10. The van der Waals surface area contributed by atoms with Crippen LogP contribution in [0, 0.1) is 0 Å². The molecule has 2 rings (SSSR count). The zero-order chi connectivity index (χ0) is 12.6. The molecule has 0 saturated heterocycles. The highest BCUT2D eigenvalue weighted by molar-refractivity contribution is 7.99. The van der Waals surface area contributed by atoms with Crippen LogP contribution in [0.25, 0.3) is 0 Å². The van der Waals surface area contributed by atoms with E-state index in [-0.39, 0.29) is 16.9 Å². The topological polar surface area (TPSA) is 65.4 Å². The molecule has 17 heavy (non-hydrogen) atoms.